The number of amidine groups is 1. The van der Waals surface area contributed by atoms with Crippen molar-refractivity contribution in [3.8, 4) is 0 Å². The predicted molar refractivity (Wildman–Crippen MR) is 130 cm³/mol. The molecule has 1 amide bonds. The molecule has 2 aliphatic rings. The van der Waals surface area contributed by atoms with E-state index in [9.17, 15) is 9.18 Å². The van der Waals surface area contributed by atoms with Crippen LogP contribution in [0.2, 0.25) is 0 Å². The van der Waals surface area contributed by atoms with E-state index in [0.717, 1.165) is 37.2 Å². The summed E-state index contributed by atoms with van der Waals surface area (Å²) in [6.45, 7) is 7.10. The molecule has 0 aromatic heterocycles. The van der Waals surface area contributed by atoms with Gasteiger partial charge in [0.15, 0.2) is 5.17 Å². The van der Waals surface area contributed by atoms with Crippen molar-refractivity contribution in [2.24, 2.45) is 4.99 Å². The summed E-state index contributed by atoms with van der Waals surface area (Å²) in [7, 11) is 0. The normalized spacial score (nSPS) is 19.0. The lowest BCUT2D eigenvalue weighted by atomic mass is 10.1. The molecule has 2 saturated heterocycles. The summed E-state index contributed by atoms with van der Waals surface area (Å²) < 4.78 is 20.3. The summed E-state index contributed by atoms with van der Waals surface area (Å²) in [5.74, 6) is -0.376. The Morgan fingerprint density at radius 2 is 1.94 bits per heavy atom. The van der Waals surface area contributed by atoms with Crippen molar-refractivity contribution >= 4 is 40.3 Å². The van der Waals surface area contributed by atoms with Gasteiger partial charge in [0, 0.05) is 19.7 Å². The molecule has 2 aromatic rings. The van der Waals surface area contributed by atoms with Crippen LogP contribution in [0, 0.1) is 12.7 Å². The molecule has 2 fully saturated rings. The maximum Gasteiger partial charge on any atom is 0.266 e. The van der Waals surface area contributed by atoms with Crippen molar-refractivity contribution in [3.63, 3.8) is 0 Å². The number of rotatable bonds is 7. The van der Waals surface area contributed by atoms with Gasteiger partial charge in [-0.15, -0.1) is 0 Å². The van der Waals surface area contributed by atoms with Gasteiger partial charge < -0.3 is 9.64 Å². The van der Waals surface area contributed by atoms with Crippen LogP contribution in [0.3, 0.4) is 0 Å². The van der Waals surface area contributed by atoms with E-state index in [1.807, 2.05) is 50.2 Å². The van der Waals surface area contributed by atoms with Gasteiger partial charge in [0.05, 0.1) is 29.4 Å². The highest BCUT2D eigenvalue weighted by atomic mass is 32.2. The first-order chi connectivity index (χ1) is 15.6. The molecule has 2 heterocycles. The molecule has 4 rings (SSSR count). The van der Waals surface area contributed by atoms with E-state index in [1.165, 1.54) is 11.8 Å². The molecule has 168 valence electrons. The molecular formula is C25H28FN3O2S. The summed E-state index contributed by atoms with van der Waals surface area (Å²) >= 11 is 1.32. The summed E-state index contributed by atoms with van der Waals surface area (Å²) in [4.78, 5) is 22.1. The lowest BCUT2D eigenvalue weighted by molar-refractivity contribution is -0.122. The molecule has 2 aliphatic heterocycles. The van der Waals surface area contributed by atoms with Crippen molar-refractivity contribution in [2.45, 2.75) is 26.7 Å². The topological polar surface area (TPSA) is 45.1 Å². The molecular weight excluding hydrogens is 425 g/mol. The Balaban J connectivity index is 1.63. The van der Waals surface area contributed by atoms with Crippen LogP contribution in [-0.4, -0.2) is 48.8 Å². The number of hydrogen-bond acceptors (Lipinski definition) is 5. The fourth-order valence-electron chi connectivity index (χ4n) is 3.88. The van der Waals surface area contributed by atoms with Crippen molar-refractivity contribution in [1.82, 2.24) is 4.90 Å². The highest BCUT2D eigenvalue weighted by Gasteiger charge is 2.33. The highest BCUT2D eigenvalue weighted by molar-refractivity contribution is 8.18. The van der Waals surface area contributed by atoms with Gasteiger partial charge in [0.2, 0.25) is 0 Å². The molecule has 0 atom stereocenters. The first-order valence-corrected chi connectivity index (χ1v) is 11.9. The molecule has 7 heteroatoms. The summed E-state index contributed by atoms with van der Waals surface area (Å²) in [5.41, 5.74) is 3.09. The Bertz CT molecular complexity index is 1030. The number of nitrogens with zero attached hydrogens (tertiary/aromatic N) is 3. The molecule has 0 radical (unpaired) electrons. The van der Waals surface area contributed by atoms with Crippen molar-refractivity contribution in [2.75, 3.05) is 37.7 Å². The zero-order valence-electron chi connectivity index (χ0n) is 18.5. The third-order valence-electron chi connectivity index (χ3n) is 5.60. The SMILES string of the molecule is CCOCCN1C(=O)/C(=C/c2cc(F)c(N3CCCC3)cc2C)SC1=Nc1ccccc1. The number of thioether (sulfide) groups is 1. The third kappa shape index (κ3) is 5.05. The Morgan fingerprint density at radius 3 is 2.66 bits per heavy atom. The van der Waals surface area contributed by atoms with Gasteiger partial charge in [-0.05, 0) is 79.9 Å². The molecule has 0 unspecified atom stereocenters. The number of anilines is 1. The van der Waals surface area contributed by atoms with E-state index in [0.29, 0.717) is 41.1 Å². The van der Waals surface area contributed by atoms with E-state index in [-0.39, 0.29) is 11.7 Å². The average Bonchev–Trinajstić information content (AvgIpc) is 3.41. The minimum Gasteiger partial charge on any atom is -0.380 e. The molecule has 32 heavy (non-hydrogen) atoms. The van der Waals surface area contributed by atoms with Gasteiger partial charge >= 0.3 is 0 Å². The quantitative estimate of drug-likeness (QED) is 0.417. The number of aryl methyl sites for hydroxylation is 1. The Labute approximate surface area is 193 Å². The van der Waals surface area contributed by atoms with Crippen LogP contribution >= 0.6 is 11.8 Å². The predicted octanol–water partition coefficient (Wildman–Crippen LogP) is 5.37. The number of para-hydroxylation sites is 1. The Morgan fingerprint density at radius 1 is 1.19 bits per heavy atom. The van der Waals surface area contributed by atoms with Gasteiger partial charge in [-0.2, -0.15) is 0 Å². The molecule has 2 aromatic carbocycles. The van der Waals surface area contributed by atoms with Gasteiger partial charge in [0.25, 0.3) is 5.91 Å². The zero-order chi connectivity index (χ0) is 22.5. The van der Waals surface area contributed by atoms with Gasteiger partial charge in [-0.1, -0.05) is 18.2 Å². The summed E-state index contributed by atoms with van der Waals surface area (Å²) in [6.07, 6.45) is 3.97. The number of benzene rings is 2. The van der Waals surface area contributed by atoms with Crippen molar-refractivity contribution in [3.05, 3.63) is 64.3 Å². The van der Waals surface area contributed by atoms with Crippen LogP contribution in [0.1, 0.15) is 30.9 Å². The van der Waals surface area contributed by atoms with Crippen molar-refractivity contribution < 1.29 is 13.9 Å². The average molecular weight is 454 g/mol. The summed E-state index contributed by atoms with van der Waals surface area (Å²) in [6, 6.07) is 13.0. The Kier molecular flexibility index (Phi) is 7.27. The lowest BCUT2D eigenvalue weighted by Crippen LogP contribution is -2.32. The third-order valence-corrected chi connectivity index (χ3v) is 6.61. The minimum atomic E-state index is -0.244. The number of carbonyl (C=O) groups is 1. The minimum absolute atomic E-state index is 0.132. The molecule has 0 spiro atoms. The number of aliphatic imine (C=N–C) groups is 1. The van der Waals surface area contributed by atoms with E-state index < -0.39 is 0 Å². The first kappa shape index (κ1) is 22.6. The number of hydrogen-bond donors (Lipinski definition) is 0. The number of amides is 1. The fourth-order valence-corrected chi connectivity index (χ4v) is 4.90. The second kappa shape index (κ2) is 10.3. The standard InChI is InChI=1S/C25H28FN3O2S/c1-3-31-14-13-29-24(30)23(32-25(29)27-20-9-5-4-6-10-20)17-19-16-21(26)22(15-18(19)2)28-11-7-8-12-28/h4-6,9-10,15-17H,3,7-8,11-14H2,1-2H3/b23-17-,27-25?. The maximum absolute atomic E-state index is 14.9. The fraction of sp³-hybridized carbons (Fsp3) is 0.360. The number of carbonyl (C=O) groups excluding carboxylic acids is 1. The smallest absolute Gasteiger partial charge is 0.266 e. The Hall–Kier alpha value is -2.64. The van der Waals surface area contributed by atoms with Crippen LogP contribution < -0.4 is 4.90 Å². The van der Waals surface area contributed by atoms with E-state index in [1.54, 1.807) is 17.0 Å². The first-order valence-electron chi connectivity index (χ1n) is 11.0. The van der Waals surface area contributed by atoms with Crippen LogP contribution in [0.5, 0.6) is 0 Å². The molecule has 0 aliphatic carbocycles. The van der Waals surface area contributed by atoms with E-state index >= 15 is 0 Å². The van der Waals surface area contributed by atoms with Crippen LogP contribution in [0.25, 0.3) is 6.08 Å². The molecule has 5 nitrogen and oxygen atoms in total. The van der Waals surface area contributed by atoms with E-state index in [4.69, 9.17) is 4.74 Å². The monoisotopic (exact) mass is 453 g/mol. The van der Waals surface area contributed by atoms with Crippen molar-refractivity contribution in [1.29, 1.82) is 0 Å². The molecule has 0 N–H and O–H groups in total. The molecule has 0 saturated carbocycles. The molecule has 0 bridgehead atoms. The van der Waals surface area contributed by atoms with Gasteiger partial charge in [0.1, 0.15) is 5.82 Å². The zero-order valence-corrected chi connectivity index (χ0v) is 19.3. The van der Waals surface area contributed by atoms with E-state index in [2.05, 4.69) is 9.89 Å². The number of ether oxygens (including phenoxy) is 1. The van der Waals surface area contributed by atoms with Crippen LogP contribution in [-0.2, 0) is 9.53 Å². The lowest BCUT2D eigenvalue weighted by Gasteiger charge is -2.19. The second-order valence-electron chi connectivity index (χ2n) is 7.85. The summed E-state index contributed by atoms with van der Waals surface area (Å²) in [5, 5.41) is 0.610. The van der Waals surface area contributed by atoms with Crippen LogP contribution in [0.4, 0.5) is 15.8 Å². The highest BCUT2D eigenvalue weighted by Crippen LogP contribution is 2.35. The maximum atomic E-state index is 14.9. The van der Waals surface area contributed by atoms with Gasteiger partial charge in [-0.25, -0.2) is 9.38 Å². The second-order valence-corrected chi connectivity index (χ2v) is 8.86. The van der Waals surface area contributed by atoms with Gasteiger partial charge in [-0.3, -0.25) is 9.69 Å². The largest absolute Gasteiger partial charge is 0.380 e. The van der Waals surface area contributed by atoms with Crippen LogP contribution in [0.15, 0.2) is 52.4 Å². The number of halogens is 1.